The molecule has 0 saturated carbocycles. The largest absolute Gasteiger partial charge is 0.461 e. The van der Waals surface area contributed by atoms with Gasteiger partial charge in [0.1, 0.15) is 0 Å². The number of rotatable bonds is 10. The van der Waals surface area contributed by atoms with Crippen LogP contribution in [0.1, 0.15) is 68.8 Å². The van der Waals surface area contributed by atoms with Gasteiger partial charge in [-0.1, -0.05) is 51.9 Å². The van der Waals surface area contributed by atoms with Crippen LogP contribution in [-0.4, -0.2) is 28.0 Å². The molecule has 0 radical (unpaired) electrons. The van der Waals surface area contributed by atoms with E-state index in [4.69, 9.17) is 4.74 Å². The zero-order valence-electron chi connectivity index (χ0n) is 11.2. The van der Waals surface area contributed by atoms with Crippen molar-refractivity contribution in [2.45, 2.75) is 58.3 Å². The van der Waals surface area contributed by atoms with E-state index in [1.54, 1.807) is 0 Å². The van der Waals surface area contributed by atoms with E-state index in [1.807, 2.05) is 0 Å². The van der Waals surface area contributed by atoms with E-state index < -0.39 is 5.97 Å². The Morgan fingerprint density at radius 3 is 2.44 bits per heavy atom. The summed E-state index contributed by atoms with van der Waals surface area (Å²) in [5.74, 6) is -0.397. The van der Waals surface area contributed by atoms with E-state index in [0.717, 1.165) is 12.8 Å². The van der Waals surface area contributed by atoms with E-state index in [0.29, 0.717) is 6.61 Å². The highest BCUT2D eigenvalue weighted by Crippen LogP contribution is 2.08. The predicted octanol–water partition coefficient (Wildman–Crippen LogP) is 3.10. The molecule has 5 heteroatoms. The second-order valence-electron chi connectivity index (χ2n) is 4.47. The summed E-state index contributed by atoms with van der Waals surface area (Å²) in [5.41, 5.74) is 0.245. The Hall–Kier alpha value is -1.39. The second-order valence-corrected chi connectivity index (χ2v) is 4.47. The molecule has 1 rings (SSSR count). The summed E-state index contributed by atoms with van der Waals surface area (Å²) < 4.78 is 5.07. The van der Waals surface area contributed by atoms with E-state index in [1.165, 1.54) is 44.7 Å². The summed E-state index contributed by atoms with van der Waals surface area (Å²) in [7, 11) is 0. The van der Waals surface area contributed by atoms with E-state index >= 15 is 0 Å². The fraction of sp³-hybridized carbons (Fsp3) is 0.769. The monoisotopic (exact) mass is 253 g/mol. The molecule has 0 aliphatic rings. The topological polar surface area (TPSA) is 67.9 Å². The van der Waals surface area contributed by atoms with Gasteiger partial charge in [0.05, 0.1) is 12.8 Å². The lowest BCUT2D eigenvalue weighted by Gasteiger charge is -2.03. The Kier molecular flexibility index (Phi) is 7.84. The quantitative estimate of drug-likeness (QED) is 0.514. The summed E-state index contributed by atoms with van der Waals surface area (Å²) in [6.07, 6.45) is 11.2. The predicted molar refractivity (Wildman–Crippen MR) is 69.3 cm³/mol. The first-order chi connectivity index (χ1) is 8.84. The standard InChI is InChI=1S/C13H23N3O2/c1-2-3-4-5-6-7-8-9-10-18-13(17)12-11-14-16-15-12/h11H,2-10H2,1H3,(H,14,15,16). The van der Waals surface area contributed by atoms with Crippen molar-refractivity contribution in [3.63, 3.8) is 0 Å². The van der Waals surface area contributed by atoms with Gasteiger partial charge >= 0.3 is 5.97 Å². The van der Waals surface area contributed by atoms with Crippen molar-refractivity contribution >= 4 is 5.97 Å². The minimum absolute atomic E-state index is 0.245. The van der Waals surface area contributed by atoms with Gasteiger partial charge in [-0.25, -0.2) is 4.79 Å². The molecular formula is C13H23N3O2. The van der Waals surface area contributed by atoms with Crippen LogP contribution in [0.4, 0.5) is 0 Å². The first-order valence-corrected chi connectivity index (χ1v) is 6.87. The summed E-state index contributed by atoms with van der Waals surface area (Å²) in [5, 5.41) is 9.61. The third kappa shape index (κ3) is 6.37. The molecule has 0 unspecified atom stereocenters. The number of hydrogen-bond acceptors (Lipinski definition) is 4. The van der Waals surface area contributed by atoms with Gasteiger partial charge in [-0.15, -0.1) is 5.10 Å². The fourth-order valence-electron chi connectivity index (χ4n) is 1.77. The molecule has 0 spiro atoms. The molecule has 0 atom stereocenters. The molecule has 1 aromatic heterocycles. The van der Waals surface area contributed by atoms with Crippen LogP contribution in [0.25, 0.3) is 0 Å². The summed E-state index contributed by atoms with van der Waals surface area (Å²) in [6.45, 7) is 2.70. The van der Waals surface area contributed by atoms with E-state index in [2.05, 4.69) is 22.3 Å². The van der Waals surface area contributed by atoms with Crippen molar-refractivity contribution < 1.29 is 9.53 Å². The van der Waals surface area contributed by atoms with E-state index in [9.17, 15) is 4.79 Å². The van der Waals surface area contributed by atoms with Gasteiger partial charge < -0.3 is 4.74 Å². The van der Waals surface area contributed by atoms with Crippen molar-refractivity contribution in [1.82, 2.24) is 15.4 Å². The molecule has 0 amide bonds. The Bertz CT molecular complexity index is 312. The zero-order chi connectivity index (χ0) is 13.1. The number of nitrogens with zero attached hydrogens (tertiary/aromatic N) is 2. The van der Waals surface area contributed by atoms with Gasteiger partial charge in [0.25, 0.3) is 0 Å². The molecule has 0 bridgehead atoms. The SMILES string of the molecule is CCCCCCCCCCOC(=O)c1cn[nH]n1. The molecule has 18 heavy (non-hydrogen) atoms. The molecule has 5 nitrogen and oxygen atoms in total. The molecular weight excluding hydrogens is 230 g/mol. The second kappa shape index (κ2) is 9.62. The zero-order valence-corrected chi connectivity index (χ0v) is 11.2. The summed E-state index contributed by atoms with van der Waals surface area (Å²) >= 11 is 0. The smallest absolute Gasteiger partial charge is 0.360 e. The number of unbranched alkanes of at least 4 members (excludes halogenated alkanes) is 7. The van der Waals surface area contributed by atoms with Crippen LogP contribution < -0.4 is 0 Å². The van der Waals surface area contributed by atoms with Crippen LogP contribution in [0.5, 0.6) is 0 Å². The highest BCUT2D eigenvalue weighted by Gasteiger charge is 2.08. The molecule has 0 aliphatic heterocycles. The van der Waals surface area contributed by atoms with E-state index in [-0.39, 0.29) is 5.69 Å². The molecule has 0 aliphatic carbocycles. The van der Waals surface area contributed by atoms with Crippen molar-refractivity contribution in [3.8, 4) is 0 Å². The maximum absolute atomic E-state index is 11.4. The third-order valence-corrected chi connectivity index (χ3v) is 2.86. The van der Waals surface area contributed by atoms with Crippen LogP contribution in [0.3, 0.4) is 0 Å². The Morgan fingerprint density at radius 2 is 1.83 bits per heavy atom. The Balaban J connectivity index is 1.88. The summed E-state index contributed by atoms with van der Waals surface area (Å²) in [6, 6.07) is 0. The number of ether oxygens (including phenoxy) is 1. The average molecular weight is 253 g/mol. The van der Waals surface area contributed by atoms with Gasteiger partial charge in [-0.05, 0) is 6.42 Å². The molecule has 1 N–H and O–H groups in total. The van der Waals surface area contributed by atoms with Gasteiger partial charge in [-0.3, -0.25) is 0 Å². The number of aromatic amines is 1. The lowest BCUT2D eigenvalue weighted by molar-refractivity contribution is 0.0490. The minimum Gasteiger partial charge on any atom is -0.461 e. The Labute approximate surface area is 108 Å². The highest BCUT2D eigenvalue weighted by atomic mass is 16.5. The molecule has 1 aromatic rings. The first-order valence-electron chi connectivity index (χ1n) is 6.87. The average Bonchev–Trinajstić information content (AvgIpc) is 2.90. The van der Waals surface area contributed by atoms with Crippen molar-refractivity contribution in [3.05, 3.63) is 11.9 Å². The molecule has 0 aromatic carbocycles. The lowest BCUT2D eigenvalue weighted by Crippen LogP contribution is -2.06. The third-order valence-electron chi connectivity index (χ3n) is 2.86. The minimum atomic E-state index is -0.397. The molecule has 0 fully saturated rings. The number of nitrogens with one attached hydrogen (secondary N) is 1. The van der Waals surface area contributed by atoms with Crippen molar-refractivity contribution in [2.75, 3.05) is 6.61 Å². The molecule has 1 heterocycles. The normalized spacial score (nSPS) is 10.5. The fourth-order valence-corrected chi connectivity index (χ4v) is 1.77. The van der Waals surface area contributed by atoms with Crippen molar-refractivity contribution in [1.29, 1.82) is 0 Å². The van der Waals surface area contributed by atoms with Crippen molar-refractivity contribution in [2.24, 2.45) is 0 Å². The van der Waals surface area contributed by atoms with Crippen LogP contribution >= 0.6 is 0 Å². The number of H-pyrrole nitrogens is 1. The van der Waals surface area contributed by atoms with Gasteiger partial charge in [-0.2, -0.15) is 10.3 Å². The lowest BCUT2D eigenvalue weighted by atomic mass is 10.1. The number of hydrogen-bond donors (Lipinski definition) is 1. The van der Waals surface area contributed by atoms with Gasteiger partial charge in [0, 0.05) is 0 Å². The van der Waals surface area contributed by atoms with Crippen LogP contribution in [0.2, 0.25) is 0 Å². The number of carbonyl (C=O) groups excluding carboxylic acids is 1. The van der Waals surface area contributed by atoms with Gasteiger partial charge in [0.2, 0.25) is 0 Å². The molecule has 0 saturated heterocycles. The number of esters is 1. The molecule has 102 valence electrons. The van der Waals surface area contributed by atoms with Crippen LogP contribution in [-0.2, 0) is 4.74 Å². The Morgan fingerprint density at radius 1 is 1.17 bits per heavy atom. The number of carbonyl (C=O) groups is 1. The summed E-state index contributed by atoms with van der Waals surface area (Å²) in [4.78, 5) is 11.4. The van der Waals surface area contributed by atoms with Gasteiger partial charge in [0.15, 0.2) is 5.69 Å². The first kappa shape index (κ1) is 14.7. The number of aromatic nitrogens is 3. The maximum Gasteiger partial charge on any atom is 0.360 e. The highest BCUT2D eigenvalue weighted by molar-refractivity contribution is 5.86. The van der Waals surface area contributed by atoms with Crippen LogP contribution in [0, 0.1) is 0 Å². The van der Waals surface area contributed by atoms with Crippen LogP contribution in [0.15, 0.2) is 6.20 Å². The maximum atomic E-state index is 11.4.